The molecule has 3 rings (SSSR count). The van der Waals surface area contributed by atoms with Crippen molar-refractivity contribution in [3.63, 3.8) is 0 Å². The van der Waals surface area contributed by atoms with E-state index in [1.165, 1.54) is 0 Å². The summed E-state index contributed by atoms with van der Waals surface area (Å²) >= 11 is 0. The first-order chi connectivity index (χ1) is 11.2. The number of hydrogen-bond acceptors (Lipinski definition) is 5. The van der Waals surface area contributed by atoms with Crippen LogP contribution in [0.4, 0.5) is 0 Å². The van der Waals surface area contributed by atoms with Gasteiger partial charge in [-0.3, -0.25) is 4.79 Å². The Kier molecular flexibility index (Phi) is 5.03. The van der Waals surface area contributed by atoms with Gasteiger partial charge in [0.2, 0.25) is 0 Å². The van der Waals surface area contributed by atoms with Gasteiger partial charge in [0, 0.05) is 11.6 Å². The van der Waals surface area contributed by atoms with Crippen molar-refractivity contribution in [3.05, 3.63) is 23.8 Å². The third kappa shape index (κ3) is 3.59. The molecular formula is C17H23NO5. The van der Waals surface area contributed by atoms with Crippen molar-refractivity contribution in [2.75, 3.05) is 27.4 Å². The number of rotatable bonds is 4. The maximum absolute atomic E-state index is 12.5. The standard InChI is InChI=1S/C17H23NO5/c1-20-13-5-3-11(9-15(13)21-2)17(19)18-12-4-6-14-16(10-12)23-8-7-22-14/h3,5,9,12,14,16H,4,6-8,10H2,1-2H3,(H,18,19). The number of hydrogen-bond donors (Lipinski definition) is 1. The average Bonchev–Trinajstić information content (AvgIpc) is 2.60. The highest BCUT2D eigenvalue weighted by atomic mass is 16.6. The predicted octanol–water partition coefficient (Wildman–Crippen LogP) is 1.77. The summed E-state index contributed by atoms with van der Waals surface area (Å²) in [6.45, 7) is 1.31. The number of nitrogens with one attached hydrogen (secondary N) is 1. The summed E-state index contributed by atoms with van der Waals surface area (Å²) in [6.07, 6.45) is 2.89. The van der Waals surface area contributed by atoms with Gasteiger partial charge in [0.1, 0.15) is 0 Å². The molecule has 1 N–H and O–H groups in total. The summed E-state index contributed by atoms with van der Waals surface area (Å²) < 4.78 is 21.9. The number of carbonyl (C=O) groups is 1. The first kappa shape index (κ1) is 16.1. The van der Waals surface area contributed by atoms with Gasteiger partial charge in [-0.25, -0.2) is 0 Å². The van der Waals surface area contributed by atoms with Crippen molar-refractivity contribution in [1.82, 2.24) is 5.32 Å². The van der Waals surface area contributed by atoms with Crippen molar-refractivity contribution < 1.29 is 23.7 Å². The van der Waals surface area contributed by atoms with E-state index in [-0.39, 0.29) is 24.2 Å². The van der Waals surface area contributed by atoms with Gasteiger partial charge in [-0.15, -0.1) is 0 Å². The van der Waals surface area contributed by atoms with Gasteiger partial charge in [-0.2, -0.15) is 0 Å². The van der Waals surface area contributed by atoms with Gasteiger partial charge in [0.25, 0.3) is 5.91 Å². The van der Waals surface area contributed by atoms with Gasteiger partial charge in [-0.1, -0.05) is 0 Å². The van der Waals surface area contributed by atoms with Crippen molar-refractivity contribution in [2.24, 2.45) is 0 Å². The largest absolute Gasteiger partial charge is 0.493 e. The van der Waals surface area contributed by atoms with E-state index in [1.807, 2.05) is 0 Å². The van der Waals surface area contributed by atoms with Crippen LogP contribution >= 0.6 is 0 Å². The van der Waals surface area contributed by atoms with Crippen LogP contribution in [0.5, 0.6) is 11.5 Å². The molecule has 6 heteroatoms. The molecule has 1 heterocycles. The highest BCUT2D eigenvalue weighted by Crippen LogP contribution is 2.29. The molecule has 1 saturated carbocycles. The fourth-order valence-corrected chi connectivity index (χ4v) is 3.24. The summed E-state index contributed by atoms with van der Waals surface area (Å²) in [5, 5.41) is 3.09. The molecule has 0 aromatic heterocycles. The first-order valence-electron chi connectivity index (χ1n) is 7.97. The lowest BCUT2D eigenvalue weighted by molar-refractivity contribution is -0.157. The monoisotopic (exact) mass is 321 g/mol. The lowest BCUT2D eigenvalue weighted by atomic mass is 9.89. The Bertz CT molecular complexity index is 562. The van der Waals surface area contributed by atoms with Crippen LogP contribution in [-0.2, 0) is 9.47 Å². The van der Waals surface area contributed by atoms with E-state index in [1.54, 1.807) is 32.4 Å². The number of amides is 1. The SMILES string of the molecule is COc1ccc(C(=O)NC2CCC3OCCOC3C2)cc1OC. The highest BCUT2D eigenvalue weighted by molar-refractivity contribution is 5.95. The highest BCUT2D eigenvalue weighted by Gasteiger charge is 2.34. The summed E-state index contributed by atoms with van der Waals surface area (Å²) in [7, 11) is 3.13. The Balaban J connectivity index is 1.63. The minimum atomic E-state index is -0.105. The average molecular weight is 321 g/mol. The molecule has 0 radical (unpaired) electrons. The lowest BCUT2D eigenvalue weighted by Gasteiger charge is -2.39. The van der Waals surface area contributed by atoms with Crippen molar-refractivity contribution in [3.8, 4) is 11.5 Å². The zero-order valence-corrected chi connectivity index (χ0v) is 13.5. The molecule has 1 aliphatic carbocycles. The smallest absolute Gasteiger partial charge is 0.251 e. The summed E-state index contributed by atoms with van der Waals surface area (Å²) in [6, 6.07) is 5.28. The van der Waals surface area contributed by atoms with Gasteiger partial charge >= 0.3 is 0 Å². The molecule has 0 bridgehead atoms. The van der Waals surface area contributed by atoms with Gasteiger partial charge < -0.3 is 24.3 Å². The fraction of sp³-hybridized carbons (Fsp3) is 0.588. The van der Waals surface area contributed by atoms with Crippen LogP contribution < -0.4 is 14.8 Å². The maximum Gasteiger partial charge on any atom is 0.251 e. The maximum atomic E-state index is 12.5. The van der Waals surface area contributed by atoms with Crippen molar-refractivity contribution in [2.45, 2.75) is 37.5 Å². The number of ether oxygens (including phenoxy) is 4. The molecule has 126 valence electrons. The number of fused-ring (bicyclic) bond motifs is 1. The van der Waals surface area contributed by atoms with E-state index in [0.717, 1.165) is 19.3 Å². The Morgan fingerprint density at radius 2 is 1.83 bits per heavy atom. The molecule has 1 aromatic carbocycles. The van der Waals surface area contributed by atoms with E-state index in [4.69, 9.17) is 18.9 Å². The predicted molar refractivity (Wildman–Crippen MR) is 84.1 cm³/mol. The normalized spacial score (nSPS) is 27.0. The van der Waals surface area contributed by atoms with Crippen molar-refractivity contribution in [1.29, 1.82) is 0 Å². The Morgan fingerprint density at radius 3 is 2.57 bits per heavy atom. The molecule has 3 atom stereocenters. The van der Waals surface area contributed by atoms with E-state index in [0.29, 0.717) is 30.3 Å². The van der Waals surface area contributed by atoms with Crippen LogP contribution in [-0.4, -0.2) is 51.6 Å². The number of methoxy groups -OCH3 is 2. The molecule has 0 spiro atoms. The van der Waals surface area contributed by atoms with Crippen molar-refractivity contribution >= 4 is 5.91 Å². The summed E-state index contributed by atoms with van der Waals surface area (Å²) in [5.74, 6) is 1.05. The van der Waals surface area contributed by atoms with E-state index >= 15 is 0 Å². The molecular weight excluding hydrogens is 298 g/mol. The summed E-state index contributed by atoms with van der Waals surface area (Å²) in [5.41, 5.74) is 0.561. The van der Waals surface area contributed by atoms with Crippen LogP contribution in [0.1, 0.15) is 29.6 Å². The lowest BCUT2D eigenvalue weighted by Crippen LogP contribution is -2.49. The molecule has 23 heavy (non-hydrogen) atoms. The minimum Gasteiger partial charge on any atom is -0.493 e. The third-order valence-corrected chi connectivity index (χ3v) is 4.46. The second-order valence-corrected chi connectivity index (χ2v) is 5.87. The van der Waals surface area contributed by atoms with Crippen LogP contribution in [0, 0.1) is 0 Å². The van der Waals surface area contributed by atoms with E-state index in [9.17, 15) is 4.79 Å². The molecule has 2 fully saturated rings. The molecule has 1 saturated heterocycles. The first-order valence-corrected chi connectivity index (χ1v) is 7.97. The zero-order chi connectivity index (χ0) is 16.2. The van der Waals surface area contributed by atoms with Crippen LogP contribution in [0.2, 0.25) is 0 Å². The topological polar surface area (TPSA) is 66.0 Å². The molecule has 3 unspecified atom stereocenters. The van der Waals surface area contributed by atoms with E-state index in [2.05, 4.69) is 5.32 Å². The molecule has 1 amide bonds. The van der Waals surface area contributed by atoms with Gasteiger partial charge in [0.05, 0.1) is 39.6 Å². The molecule has 1 aromatic rings. The minimum absolute atomic E-state index is 0.0909. The molecule has 2 aliphatic rings. The Labute approximate surface area is 136 Å². The van der Waals surface area contributed by atoms with Crippen LogP contribution in [0.15, 0.2) is 18.2 Å². The van der Waals surface area contributed by atoms with Crippen LogP contribution in [0.25, 0.3) is 0 Å². The molecule has 1 aliphatic heterocycles. The quantitative estimate of drug-likeness (QED) is 0.915. The fourth-order valence-electron chi connectivity index (χ4n) is 3.24. The second-order valence-electron chi connectivity index (χ2n) is 5.87. The molecule has 6 nitrogen and oxygen atoms in total. The Hall–Kier alpha value is -1.79. The summed E-state index contributed by atoms with van der Waals surface area (Å²) in [4.78, 5) is 12.5. The van der Waals surface area contributed by atoms with Crippen LogP contribution in [0.3, 0.4) is 0 Å². The third-order valence-electron chi connectivity index (χ3n) is 4.46. The zero-order valence-electron chi connectivity index (χ0n) is 13.5. The number of benzene rings is 1. The second kappa shape index (κ2) is 7.19. The van der Waals surface area contributed by atoms with Gasteiger partial charge in [-0.05, 0) is 37.5 Å². The number of carbonyl (C=O) groups excluding carboxylic acids is 1. The Morgan fingerprint density at radius 1 is 1.09 bits per heavy atom. The van der Waals surface area contributed by atoms with Gasteiger partial charge in [0.15, 0.2) is 11.5 Å². The van der Waals surface area contributed by atoms with E-state index < -0.39 is 0 Å².